The first kappa shape index (κ1) is 17.8. The van der Waals surface area contributed by atoms with Gasteiger partial charge >= 0.3 is 0 Å². The van der Waals surface area contributed by atoms with Gasteiger partial charge in [-0.25, -0.2) is 17.5 Å². The smallest absolute Gasteiger partial charge is 0.237 e. The Hall–Kier alpha value is -1.51. The largest absolute Gasteiger partial charge is 0.339 e. The second-order valence-electron chi connectivity index (χ2n) is 5.71. The summed E-state index contributed by atoms with van der Waals surface area (Å²) < 4.78 is 38.1. The zero-order chi connectivity index (χ0) is 17.0. The first-order chi connectivity index (χ1) is 10.8. The standard InChI is InChI=1S/C15H22FN3O3S/c1-12(13-5-3-4-6-14(13)16)18-7-9-19(10-8-18)15(20)11-17-23(2,21)22/h3-6,12,17H,7-11H2,1-2H3. The minimum Gasteiger partial charge on any atom is -0.339 e. The average molecular weight is 343 g/mol. The van der Waals surface area contributed by atoms with Crippen LogP contribution in [0.2, 0.25) is 0 Å². The number of benzene rings is 1. The van der Waals surface area contributed by atoms with E-state index < -0.39 is 10.0 Å². The molecule has 128 valence electrons. The Bertz CT molecular complexity index is 658. The summed E-state index contributed by atoms with van der Waals surface area (Å²) in [4.78, 5) is 15.7. The van der Waals surface area contributed by atoms with E-state index >= 15 is 0 Å². The number of amides is 1. The topological polar surface area (TPSA) is 69.7 Å². The van der Waals surface area contributed by atoms with Crippen LogP contribution in [0.4, 0.5) is 4.39 Å². The van der Waals surface area contributed by atoms with Gasteiger partial charge in [-0.3, -0.25) is 9.69 Å². The minimum atomic E-state index is -3.37. The first-order valence-corrected chi connectivity index (χ1v) is 9.38. The van der Waals surface area contributed by atoms with Gasteiger partial charge in [0.15, 0.2) is 0 Å². The molecule has 1 saturated heterocycles. The molecule has 0 aliphatic carbocycles. The van der Waals surface area contributed by atoms with E-state index in [1.54, 1.807) is 17.0 Å². The predicted molar refractivity (Wildman–Crippen MR) is 85.8 cm³/mol. The number of hydrogen-bond acceptors (Lipinski definition) is 4. The van der Waals surface area contributed by atoms with E-state index in [0.717, 1.165) is 6.26 Å². The molecule has 6 nitrogen and oxygen atoms in total. The number of rotatable bonds is 5. The number of carbonyl (C=O) groups excluding carboxylic acids is 1. The van der Waals surface area contributed by atoms with Crippen molar-refractivity contribution in [1.29, 1.82) is 0 Å². The molecule has 1 fully saturated rings. The molecular weight excluding hydrogens is 321 g/mol. The molecular formula is C15H22FN3O3S. The van der Waals surface area contributed by atoms with Crippen molar-refractivity contribution < 1.29 is 17.6 Å². The molecule has 1 aromatic rings. The van der Waals surface area contributed by atoms with Crippen molar-refractivity contribution in [2.75, 3.05) is 39.0 Å². The van der Waals surface area contributed by atoms with Crippen LogP contribution in [0.5, 0.6) is 0 Å². The van der Waals surface area contributed by atoms with Gasteiger partial charge < -0.3 is 4.90 Å². The van der Waals surface area contributed by atoms with Gasteiger partial charge in [-0.1, -0.05) is 18.2 Å². The summed E-state index contributed by atoms with van der Waals surface area (Å²) >= 11 is 0. The lowest BCUT2D eigenvalue weighted by atomic mass is 10.1. The maximum Gasteiger partial charge on any atom is 0.237 e. The summed E-state index contributed by atoms with van der Waals surface area (Å²) in [6.45, 7) is 3.98. The fraction of sp³-hybridized carbons (Fsp3) is 0.533. The number of carbonyl (C=O) groups is 1. The Kier molecular flexibility index (Phi) is 5.72. The van der Waals surface area contributed by atoms with Gasteiger partial charge in [-0.15, -0.1) is 0 Å². The fourth-order valence-corrected chi connectivity index (χ4v) is 3.06. The Morgan fingerprint density at radius 3 is 2.43 bits per heavy atom. The second kappa shape index (κ2) is 7.37. The number of halogens is 1. The number of hydrogen-bond donors (Lipinski definition) is 1. The lowest BCUT2D eigenvalue weighted by Crippen LogP contribution is -2.51. The molecule has 0 bridgehead atoms. The van der Waals surface area contributed by atoms with Crippen LogP contribution in [0.25, 0.3) is 0 Å². The molecule has 0 saturated carbocycles. The van der Waals surface area contributed by atoms with E-state index in [1.165, 1.54) is 6.07 Å². The van der Waals surface area contributed by atoms with Crippen molar-refractivity contribution in [2.45, 2.75) is 13.0 Å². The highest BCUT2D eigenvalue weighted by molar-refractivity contribution is 7.88. The van der Waals surface area contributed by atoms with Crippen LogP contribution < -0.4 is 4.72 Å². The number of piperazine rings is 1. The van der Waals surface area contributed by atoms with Crippen LogP contribution in [-0.2, 0) is 14.8 Å². The number of sulfonamides is 1. The molecule has 0 aromatic heterocycles. The SMILES string of the molecule is CC(c1ccccc1F)N1CCN(C(=O)CNS(C)(=O)=O)CC1. The van der Waals surface area contributed by atoms with Gasteiger partial charge in [0.25, 0.3) is 0 Å². The van der Waals surface area contributed by atoms with Gasteiger partial charge in [0.05, 0.1) is 12.8 Å². The van der Waals surface area contributed by atoms with E-state index in [-0.39, 0.29) is 24.3 Å². The molecule has 8 heteroatoms. The van der Waals surface area contributed by atoms with E-state index in [9.17, 15) is 17.6 Å². The van der Waals surface area contributed by atoms with Crippen LogP contribution >= 0.6 is 0 Å². The van der Waals surface area contributed by atoms with Crippen molar-refractivity contribution in [3.63, 3.8) is 0 Å². The summed E-state index contributed by atoms with van der Waals surface area (Å²) in [6.07, 6.45) is 1.02. The zero-order valence-corrected chi connectivity index (χ0v) is 14.1. The van der Waals surface area contributed by atoms with Gasteiger partial charge in [0.2, 0.25) is 15.9 Å². The van der Waals surface area contributed by atoms with Crippen molar-refractivity contribution in [1.82, 2.24) is 14.5 Å². The Labute approximate surface area is 136 Å². The molecule has 0 spiro atoms. The maximum atomic E-state index is 13.9. The van der Waals surface area contributed by atoms with E-state index in [2.05, 4.69) is 9.62 Å². The number of nitrogens with zero attached hydrogens (tertiary/aromatic N) is 2. The molecule has 1 aliphatic rings. The van der Waals surface area contributed by atoms with Crippen molar-refractivity contribution in [3.05, 3.63) is 35.6 Å². The van der Waals surface area contributed by atoms with Crippen LogP contribution in [0.15, 0.2) is 24.3 Å². The Morgan fingerprint density at radius 1 is 1.26 bits per heavy atom. The monoisotopic (exact) mass is 343 g/mol. The number of nitrogens with one attached hydrogen (secondary N) is 1. The highest BCUT2D eigenvalue weighted by Gasteiger charge is 2.26. The molecule has 1 atom stereocenters. The molecule has 1 amide bonds. The molecule has 1 N–H and O–H groups in total. The lowest BCUT2D eigenvalue weighted by Gasteiger charge is -2.38. The van der Waals surface area contributed by atoms with Gasteiger partial charge in [0, 0.05) is 37.8 Å². The molecule has 1 aromatic carbocycles. The van der Waals surface area contributed by atoms with Crippen molar-refractivity contribution in [3.8, 4) is 0 Å². The van der Waals surface area contributed by atoms with Gasteiger partial charge in [-0.05, 0) is 13.0 Å². The van der Waals surface area contributed by atoms with Gasteiger partial charge in [-0.2, -0.15) is 0 Å². The van der Waals surface area contributed by atoms with Gasteiger partial charge in [0.1, 0.15) is 5.82 Å². The lowest BCUT2D eigenvalue weighted by molar-refractivity contribution is -0.132. The second-order valence-corrected chi connectivity index (χ2v) is 7.54. The average Bonchev–Trinajstić information content (AvgIpc) is 2.52. The molecule has 2 rings (SSSR count). The summed E-state index contributed by atoms with van der Waals surface area (Å²) in [5, 5.41) is 0. The third kappa shape index (κ3) is 4.98. The minimum absolute atomic E-state index is 0.0670. The quantitative estimate of drug-likeness (QED) is 0.849. The molecule has 1 aliphatic heterocycles. The molecule has 1 heterocycles. The Balaban J connectivity index is 1.88. The maximum absolute atomic E-state index is 13.9. The normalized spacial score (nSPS) is 18.0. The molecule has 0 radical (unpaired) electrons. The van der Waals surface area contributed by atoms with E-state index in [1.807, 2.05) is 13.0 Å². The summed E-state index contributed by atoms with van der Waals surface area (Å²) in [6, 6.07) is 6.63. The predicted octanol–water partition coefficient (Wildman–Crippen LogP) is 0.580. The summed E-state index contributed by atoms with van der Waals surface area (Å²) in [5.41, 5.74) is 0.644. The van der Waals surface area contributed by atoms with E-state index in [0.29, 0.717) is 31.7 Å². The zero-order valence-electron chi connectivity index (χ0n) is 13.3. The van der Waals surface area contributed by atoms with E-state index in [4.69, 9.17) is 0 Å². The molecule has 23 heavy (non-hydrogen) atoms. The van der Waals surface area contributed by atoms with Crippen LogP contribution in [0.1, 0.15) is 18.5 Å². The fourth-order valence-electron chi connectivity index (χ4n) is 2.67. The first-order valence-electron chi connectivity index (χ1n) is 7.49. The Morgan fingerprint density at radius 2 is 1.87 bits per heavy atom. The molecule has 1 unspecified atom stereocenters. The van der Waals surface area contributed by atoms with Crippen molar-refractivity contribution >= 4 is 15.9 Å². The van der Waals surface area contributed by atoms with Crippen LogP contribution in [-0.4, -0.2) is 63.1 Å². The highest BCUT2D eigenvalue weighted by Crippen LogP contribution is 2.23. The van der Waals surface area contributed by atoms with Crippen molar-refractivity contribution in [2.24, 2.45) is 0 Å². The highest BCUT2D eigenvalue weighted by atomic mass is 32.2. The summed E-state index contributed by atoms with van der Waals surface area (Å²) in [5.74, 6) is -0.468. The summed E-state index contributed by atoms with van der Waals surface area (Å²) in [7, 11) is -3.37. The van der Waals surface area contributed by atoms with Crippen LogP contribution in [0, 0.1) is 5.82 Å². The van der Waals surface area contributed by atoms with Crippen LogP contribution in [0.3, 0.4) is 0 Å². The third-order valence-corrected chi connectivity index (χ3v) is 4.72. The third-order valence-electron chi connectivity index (χ3n) is 4.06.